The monoisotopic (exact) mass is 203 g/mol. The molecule has 0 fully saturated rings. The molecule has 0 aliphatic rings. The van der Waals surface area contributed by atoms with Crippen LogP contribution in [0.1, 0.15) is 0 Å². The van der Waals surface area contributed by atoms with Crippen LogP contribution in [0, 0.1) is 0 Å². The molecule has 0 bridgehead atoms. The molecular weight excluding hydrogens is 205 g/mol. The predicted octanol–water partition coefficient (Wildman–Crippen LogP) is -0.243. The van der Waals surface area contributed by atoms with Crippen molar-refractivity contribution >= 4 is 0 Å². The van der Waals surface area contributed by atoms with Crippen LogP contribution in [0.3, 0.4) is 0 Å². The van der Waals surface area contributed by atoms with Crippen LogP contribution < -0.4 is 0 Å². The van der Waals surface area contributed by atoms with Crippen LogP contribution in [0.5, 0.6) is 0 Å². The first-order chi connectivity index (χ1) is 2.00. The molecule has 25 valence electrons. The molecule has 4 heteroatoms. The summed E-state index contributed by atoms with van der Waals surface area (Å²) in [5.74, 6) is 0. The van der Waals surface area contributed by atoms with E-state index in [4.69, 9.17) is 6.82 Å². The van der Waals surface area contributed by atoms with Crippen molar-refractivity contribution in [3.63, 3.8) is 0 Å². The Balaban J connectivity index is 0. The van der Waals surface area contributed by atoms with E-state index in [0.29, 0.717) is 0 Å². The first kappa shape index (κ1) is 8.88. The normalized spacial score (nSPS) is 3.00. The van der Waals surface area contributed by atoms with E-state index in [1.807, 2.05) is 0 Å². The van der Waals surface area contributed by atoms with Crippen molar-refractivity contribution < 1.29 is 46.1 Å². The van der Waals surface area contributed by atoms with Gasteiger partial charge in [0.2, 0.25) is 0 Å². The van der Waals surface area contributed by atoms with E-state index in [-0.39, 0.29) is 18.3 Å². The molecule has 0 radical (unpaired) electrons. The number of hydrogen-bond donors (Lipinski definition) is 0. The topological polar surface area (TPSA) is 34.1 Å². The van der Waals surface area contributed by atoms with E-state index in [2.05, 4.69) is 0 Å². The summed E-state index contributed by atoms with van der Waals surface area (Å²) in [6.45, 7) is 0. The van der Waals surface area contributed by atoms with Crippen LogP contribution in [-0.2, 0) is 46.1 Å². The van der Waals surface area contributed by atoms with Crippen LogP contribution in [-0.4, -0.2) is 0 Å². The molecule has 0 rings (SSSR count). The summed E-state index contributed by atoms with van der Waals surface area (Å²) < 4.78 is 16.4. The Bertz CT molecular complexity index is 8.00. The van der Waals surface area contributed by atoms with Gasteiger partial charge in [-0.2, -0.15) is 0 Å². The van der Waals surface area contributed by atoms with Gasteiger partial charge in [0.15, 0.2) is 0 Å². The van der Waals surface area contributed by atoms with Crippen LogP contribution in [0.15, 0.2) is 0 Å². The van der Waals surface area contributed by atoms with Gasteiger partial charge in [-0.1, -0.05) is 0 Å². The quantitative estimate of drug-likeness (QED) is 0.511. The van der Waals surface area contributed by atoms with Gasteiger partial charge in [-0.15, -0.1) is 0 Å². The fraction of sp³-hybridized carbons (Fsp3) is 0. The third kappa shape index (κ3) is 12.3. The van der Waals surface area contributed by atoms with Crippen molar-refractivity contribution in [2.24, 2.45) is 0 Å². The average molecular weight is 205 g/mol. The van der Waals surface area contributed by atoms with Gasteiger partial charge >= 0.3 is 46.1 Å². The minimum absolute atomic E-state index is 0.125. The summed E-state index contributed by atoms with van der Waals surface area (Å²) in [7, 11) is 0. The Morgan fingerprint density at radius 2 is 1.25 bits per heavy atom. The van der Waals surface area contributed by atoms with Crippen molar-refractivity contribution in [3.8, 4) is 0 Å². The molecule has 0 aromatic carbocycles. The molecule has 0 amide bonds. The summed E-state index contributed by atoms with van der Waals surface area (Å²) in [6, 6.07) is 0. The maximum absolute atomic E-state index is 8.38. The SMILES string of the molecule is [O]=[Ag].[O]=[Zn]. The fourth-order valence-corrected chi connectivity index (χ4v) is 0. The van der Waals surface area contributed by atoms with E-state index in [1.165, 1.54) is 0 Å². The second-order valence-electron chi connectivity index (χ2n) is 0. The second kappa shape index (κ2) is 37.5. The summed E-state index contributed by atoms with van der Waals surface area (Å²) in [5, 5.41) is 0. The molecule has 0 aliphatic heterocycles. The van der Waals surface area contributed by atoms with Gasteiger partial charge in [-0.3, -0.25) is 0 Å². The fourth-order valence-electron chi connectivity index (χ4n) is 0. The van der Waals surface area contributed by atoms with Gasteiger partial charge in [-0.05, 0) is 0 Å². The molecule has 0 saturated carbocycles. The zero-order valence-corrected chi connectivity index (χ0v) is 6.27. The van der Waals surface area contributed by atoms with Crippen LogP contribution in [0.2, 0.25) is 0 Å². The molecular formula is AgO2Zn. The second-order valence-corrected chi connectivity index (χ2v) is 0. The van der Waals surface area contributed by atoms with E-state index < -0.39 is 0 Å². The molecule has 0 N–H and O–H groups in total. The minimum atomic E-state index is 0.125. The van der Waals surface area contributed by atoms with Crippen molar-refractivity contribution in [1.82, 2.24) is 0 Å². The Morgan fingerprint density at radius 3 is 1.25 bits per heavy atom. The van der Waals surface area contributed by atoms with Gasteiger partial charge in [0.25, 0.3) is 0 Å². The Morgan fingerprint density at radius 1 is 1.25 bits per heavy atom. The van der Waals surface area contributed by atoms with E-state index in [1.54, 1.807) is 21.0 Å². The molecule has 0 saturated heterocycles. The van der Waals surface area contributed by atoms with Crippen LogP contribution >= 0.6 is 0 Å². The molecule has 0 aromatic heterocycles. The van der Waals surface area contributed by atoms with Gasteiger partial charge in [0.05, 0.1) is 0 Å². The standard InChI is InChI=1S/Ag.2O.Zn. The Labute approximate surface area is 46.2 Å². The van der Waals surface area contributed by atoms with Crippen LogP contribution in [0.4, 0.5) is 0 Å². The Hall–Kier alpha value is 0.964. The van der Waals surface area contributed by atoms with Gasteiger partial charge in [0, 0.05) is 0 Å². The molecule has 0 heterocycles. The summed E-state index contributed by atoms with van der Waals surface area (Å²) in [4.78, 5) is 0. The molecule has 0 atom stereocenters. The number of hydrogen-bond acceptors (Lipinski definition) is 2. The van der Waals surface area contributed by atoms with Gasteiger partial charge in [-0.25, -0.2) is 0 Å². The first-order valence-corrected chi connectivity index (χ1v) is 2.23. The third-order valence-electron chi connectivity index (χ3n) is 0. The Kier molecular flexibility index (Phi) is 83.2. The number of rotatable bonds is 0. The average Bonchev–Trinajstić information content (AvgIpc) is 1.50. The molecule has 0 aliphatic carbocycles. The van der Waals surface area contributed by atoms with E-state index >= 15 is 0 Å². The van der Waals surface area contributed by atoms with Crippen molar-refractivity contribution in [2.45, 2.75) is 0 Å². The molecule has 4 heavy (non-hydrogen) atoms. The van der Waals surface area contributed by atoms with Gasteiger partial charge < -0.3 is 0 Å². The maximum atomic E-state index is 8.38. The molecule has 2 nitrogen and oxygen atoms in total. The van der Waals surface area contributed by atoms with Crippen LogP contribution in [0.25, 0.3) is 0 Å². The molecule has 0 unspecified atom stereocenters. The summed E-state index contributed by atoms with van der Waals surface area (Å²) in [6.07, 6.45) is 0. The summed E-state index contributed by atoms with van der Waals surface area (Å²) >= 11 is 1.82. The van der Waals surface area contributed by atoms with Crippen molar-refractivity contribution in [2.75, 3.05) is 0 Å². The zero-order chi connectivity index (χ0) is 4.00. The zero-order valence-electron chi connectivity index (χ0n) is 1.83. The van der Waals surface area contributed by atoms with Gasteiger partial charge in [0.1, 0.15) is 0 Å². The third-order valence-corrected chi connectivity index (χ3v) is 0. The van der Waals surface area contributed by atoms with E-state index in [9.17, 15) is 0 Å². The first-order valence-electron chi connectivity index (χ1n) is 0.412. The van der Waals surface area contributed by atoms with E-state index in [0.717, 1.165) is 0 Å². The molecule has 0 spiro atoms. The van der Waals surface area contributed by atoms with Crippen molar-refractivity contribution in [1.29, 1.82) is 0 Å². The summed E-state index contributed by atoms with van der Waals surface area (Å²) in [5.41, 5.74) is 0. The predicted molar refractivity (Wildman–Crippen MR) is 1.37 cm³/mol. The van der Waals surface area contributed by atoms with Crippen molar-refractivity contribution in [3.05, 3.63) is 0 Å². The molecule has 0 aromatic rings.